The van der Waals surface area contributed by atoms with Crippen molar-refractivity contribution in [2.75, 3.05) is 18.4 Å². The Morgan fingerprint density at radius 2 is 2.00 bits per heavy atom. The van der Waals surface area contributed by atoms with E-state index in [-0.39, 0.29) is 12.0 Å². The molecule has 4 heteroatoms. The maximum absolute atomic E-state index is 5.93. The quantitative estimate of drug-likeness (QED) is 0.764. The van der Waals surface area contributed by atoms with Crippen molar-refractivity contribution in [1.29, 1.82) is 0 Å². The van der Waals surface area contributed by atoms with Gasteiger partial charge in [-0.1, -0.05) is 30.3 Å². The molecule has 0 saturated carbocycles. The lowest BCUT2D eigenvalue weighted by Gasteiger charge is -2.25. The molecule has 0 aliphatic carbocycles. The Labute approximate surface area is 99.1 Å². The molecule has 2 atom stereocenters. The molecule has 1 saturated heterocycles. The number of alkyl halides is 2. The third-order valence-electron chi connectivity index (χ3n) is 2.42. The first-order valence-corrected chi connectivity index (χ1v) is 5.87. The highest BCUT2D eigenvalue weighted by atomic mass is 35.5. The fourth-order valence-electron chi connectivity index (χ4n) is 1.63. The van der Waals surface area contributed by atoms with Crippen LogP contribution < -0.4 is 0 Å². The zero-order chi connectivity index (χ0) is 10.7. The van der Waals surface area contributed by atoms with E-state index in [1.807, 2.05) is 30.3 Å². The largest absolute Gasteiger partial charge is 0.342 e. The third kappa shape index (κ3) is 2.13. The van der Waals surface area contributed by atoms with Crippen LogP contribution in [0.2, 0.25) is 0 Å². The van der Waals surface area contributed by atoms with Crippen molar-refractivity contribution in [1.82, 2.24) is 0 Å². The highest BCUT2D eigenvalue weighted by Gasteiger charge is 2.42. The van der Waals surface area contributed by atoms with Gasteiger partial charge in [-0.2, -0.15) is 0 Å². The van der Waals surface area contributed by atoms with E-state index in [9.17, 15) is 0 Å². The van der Waals surface area contributed by atoms with Crippen LogP contribution in [0.1, 0.15) is 5.56 Å². The van der Waals surface area contributed by atoms with Crippen LogP contribution in [0, 0.1) is 0 Å². The van der Waals surface area contributed by atoms with Gasteiger partial charge in [0.05, 0.1) is 24.5 Å². The highest BCUT2D eigenvalue weighted by Crippen LogP contribution is 2.35. The number of ether oxygens (including phenoxy) is 2. The second-order valence-electron chi connectivity index (χ2n) is 3.46. The van der Waals surface area contributed by atoms with Crippen LogP contribution in [0.4, 0.5) is 0 Å². The standard InChI is InChI=1S/C11H12Cl2O2/c12-6-10-7-14-11(8-13,15-10)9-4-2-1-3-5-9/h1-5,10H,6-8H2. The van der Waals surface area contributed by atoms with Crippen LogP contribution in [0.25, 0.3) is 0 Å². The number of hydrogen-bond acceptors (Lipinski definition) is 2. The van der Waals surface area contributed by atoms with Gasteiger partial charge in [-0.25, -0.2) is 0 Å². The van der Waals surface area contributed by atoms with Crippen molar-refractivity contribution in [2.24, 2.45) is 0 Å². The summed E-state index contributed by atoms with van der Waals surface area (Å²) in [6, 6.07) is 9.70. The smallest absolute Gasteiger partial charge is 0.209 e. The van der Waals surface area contributed by atoms with Crippen LogP contribution in [-0.4, -0.2) is 24.5 Å². The first kappa shape index (κ1) is 11.2. The van der Waals surface area contributed by atoms with E-state index in [2.05, 4.69) is 0 Å². The van der Waals surface area contributed by atoms with Crippen LogP contribution >= 0.6 is 23.2 Å². The molecule has 1 aliphatic heterocycles. The molecular formula is C11H12Cl2O2. The first-order valence-electron chi connectivity index (χ1n) is 4.80. The minimum absolute atomic E-state index is 0.0781. The molecule has 1 aromatic rings. The Bertz CT molecular complexity index is 318. The summed E-state index contributed by atoms with van der Waals surface area (Å²) in [5.41, 5.74) is 0.938. The van der Waals surface area contributed by atoms with Gasteiger partial charge in [0, 0.05) is 5.56 Å². The molecule has 2 rings (SSSR count). The van der Waals surface area contributed by atoms with Crippen LogP contribution in [0.15, 0.2) is 30.3 Å². The van der Waals surface area contributed by atoms with E-state index < -0.39 is 5.79 Å². The number of hydrogen-bond donors (Lipinski definition) is 0. The SMILES string of the molecule is ClCC1COC(CCl)(c2ccccc2)O1. The zero-order valence-corrected chi connectivity index (χ0v) is 9.67. The van der Waals surface area contributed by atoms with E-state index in [4.69, 9.17) is 32.7 Å². The molecule has 0 radical (unpaired) electrons. The molecule has 0 spiro atoms. The molecule has 15 heavy (non-hydrogen) atoms. The Morgan fingerprint density at radius 1 is 1.27 bits per heavy atom. The molecular weight excluding hydrogens is 235 g/mol. The molecule has 0 aromatic heterocycles. The van der Waals surface area contributed by atoms with Crippen molar-refractivity contribution in [2.45, 2.75) is 11.9 Å². The normalized spacial score (nSPS) is 30.7. The second kappa shape index (κ2) is 4.71. The zero-order valence-electron chi connectivity index (χ0n) is 8.16. The summed E-state index contributed by atoms with van der Waals surface area (Å²) in [4.78, 5) is 0. The van der Waals surface area contributed by atoms with Gasteiger partial charge in [0.2, 0.25) is 5.79 Å². The minimum atomic E-state index is -0.817. The van der Waals surface area contributed by atoms with Gasteiger partial charge >= 0.3 is 0 Å². The first-order chi connectivity index (χ1) is 7.30. The summed E-state index contributed by atoms with van der Waals surface area (Å²) >= 11 is 11.7. The molecule has 0 amide bonds. The van der Waals surface area contributed by atoms with Gasteiger partial charge in [0.1, 0.15) is 0 Å². The number of rotatable bonds is 3. The molecule has 0 bridgehead atoms. The minimum Gasteiger partial charge on any atom is -0.342 e. The maximum atomic E-state index is 5.93. The molecule has 1 aromatic carbocycles. The Hall–Kier alpha value is -0.280. The van der Waals surface area contributed by atoms with E-state index in [0.717, 1.165) is 5.56 Å². The number of benzene rings is 1. The molecule has 82 valence electrons. The highest BCUT2D eigenvalue weighted by molar-refractivity contribution is 6.18. The van der Waals surface area contributed by atoms with Crippen molar-refractivity contribution < 1.29 is 9.47 Å². The van der Waals surface area contributed by atoms with Gasteiger partial charge in [-0.3, -0.25) is 0 Å². The van der Waals surface area contributed by atoms with Crippen molar-refractivity contribution in [3.8, 4) is 0 Å². The Kier molecular flexibility index (Phi) is 3.52. The average Bonchev–Trinajstić information content (AvgIpc) is 2.75. The molecule has 0 N–H and O–H groups in total. The van der Waals surface area contributed by atoms with Crippen LogP contribution in [0.5, 0.6) is 0 Å². The van der Waals surface area contributed by atoms with Crippen molar-refractivity contribution in [3.63, 3.8) is 0 Å². The fourth-order valence-corrected chi connectivity index (χ4v) is 2.08. The third-order valence-corrected chi connectivity index (χ3v) is 3.12. The average molecular weight is 247 g/mol. The summed E-state index contributed by atoms with van der Waals surface area (Å²) in [6.07, 6.45) is -0.0781. The molecule has 1 aliphatic rings. The number of halogens is 2. The summed E-state index contributed by atoms with van der Waals surface area (Å²) in [5.74, 6) is -0.127. The van der Waals surface area contributed by atoms with Crippen LogP contribution in [0.3, 0.4) is 0 Å². The van der Waals surface area contributed by atoms with Gasteiger partial charge < -0.3 is 9.47 Å². The summed E-state index contributed by atoms with van der Waals surface area (Å²) in [6.45, 7) is 0.491. The van der Waals surface area contributed by atoms with Crippen molar-refractivity contribution in [3.05, 3.63) is 35.9 Å². The van der Waals surface area contributed by atoms with Crippen molar-refractivity contribution >= 4 is 23.2 Å². The molecule has 1 fully saturated rings. The topological polar surface area (TPSA) is 18.5 Å². The second-order valence-corrected chi connectivity index (χ2v) is 4.03. The van der Waals surface area contributed by atoms with Gasteiger partial charge in [0.25, 0.3) is 0 Å². The van der Waals surface area contributed by atoms with E-state index in [0.29, 0.717) is 12.5 Å². The summed E-state index contributed by atoms with van der Waals surface area (Å²) in [5, 5.41) is 0. The monoisotopic (exact) mass is 246 g/mol. The van der Waals surface area contributed by atoms with E-state index in [1.165, 1.54) is 0 Å². The Balaban J connectivity index is 2.24. The summed E-state index contributed by atoms with van der Waals surface area (Å²) < 4.78 is 11.4. The predicted molar refractivity (Wildman–Crippen MR) is 60.4 cm³/mol. The lowest BCUT2D eigenvalue weighted by molar-refractivity contribution is -0.156. The summed E-state index contributed by atoms with van der Waals surface area (Å²) in [7, 11) is 0. The van der Waals surface area contributed by atoms with Gasteiger partial charge in [-0.05, 0) is 0 Å². The fraction of sp³-hybridized carbons (Fsp3) is 0.455. The van der Waals surface area contributed by atoms with E-state index in [1.54, 1.807) is 0 Å². The molecule has 1 heterocycles. The molecule has 2 nitrogen and oxygen atoms in total. The Morgan fingerprint density at radius 3 is 2.53 bits per heavy atom. The molecule has 2 unspecified atom stereocenters. The van der Waals surface area contributed by atoms with Crippen LogP contribution in [-0.2, 0) is 15.3 Å². The lowest BCUT2D eigenvalue weighted by atomic mass is 10.1. The lowest BCUT2D eigenvalue weighted by Crippen LogP contribution is -2.30. The van der Waals surface area contributed by atoms with E-state index >= 15 is 0 Å². The maximum Gasteiger partial charge on any atom is 0.209 e. The van der Waals surface area contributed by atoms with Gasteiger partial charge in [0.15, 0.2) is 0 Å². The predicted octanol–water partition coefficient (Wildman–Crippen LogP) is 2.73. The van der Waals surface area contributed by atoms with Gasteiger partial charge in [-0.15, -0.1) is 23.2 Å².